The highest BCUT2D eigenvalue weighted by Crippen LogP contribution is 2.19. The van der Waals surface area contributed by atoms with E-state index in [4.69, 9.17) is 0 Å². The monoisotopic (exact) mass is 381 g/mol. The van der Waals surface area contributed by atoms with E-state index in [2.05, 4.69) is 9.46 Å². The number of cyclic esters (lactones) is 1. The van der Waals surface area contributed by atoms with Gasteiger partial charge in [-0.2, -0.15) is 0 Å². The number of nitrogens with one attached hydrogen (secondary N) is 1. The summed E-state index contributed by atoms with van der Waals surface area (Å²) in [5, 5.41) is 0. The number of carbonyl (C=O) groups excluding carboxylic acids is 3. The SMILES string of the molecule is Cc1cccc(S(=O)(=O)NCC(=O)N2CC(CN3C(=O)COC3=O)C2)c1. The molecule has 0 radical (unpaired) electrons. The molecular weight excluding hydrogens is 362 g/mol. The zero-order valence-corrected chi connectivity index (χ0v) is 15.0. The van der Waals surface area contributed by atoms with Gasteiger partial charge in [0.1, 0.15) is 0 Å². The fraction of sp³-hybridized carbons (Fsp3) is 0.438. The summed E-state index contributed by atoms with van der Waals surface area (Å²) in [5.41, 5.74) is 0.805. The molecule has 2 heterocycles. The van der Waals surface area contributed by atoms with Crippen molar-refractivity contribution in [2.75, 3.05) is 32.8 Å². The van der Waals surface area contributed by atoms with E-state index >= 15 is 0 Å². The van der Waals surface area contributed by atoms with Crippen molar-refractivity contribution in [1.82, 2.24) is 14.5 Å². The third-order valence-electron chi connectivity index (χ3n) is 4.30. The molecule has 9 nitrogen and oxygen atoms in total. The summed E-state index contributed by atoms with van der Waals surface area (Å²) in [6, 6.07) is 6.41. The minimum Gasteiger partial charge on any atom is -0.439 e. The van der Waals surface area contributed by atoms with E-state index in [9.17, 15) is 22.8 Å². The Balaban J connectivity index is 1.47. The normalized spacial score (nSPS) is 18.0. The molecule has 1 N–H and O–H groups in total. The molecule has 2 aliphatic heterocycles. The van der Waals surface area contributed by atoms with E-state index in [1.54, 1.807) is 19.1 Å². The lowest BCUT2D eigenvalue weighted by Gasteiger charge is -2.40. The van der Waals surface area contributed by atoms with Gasteiger partial charge in [-0.25, -0.2) is 22.8 Å². The first-order chi connectivity index (χ1) is 12.3. The van der Waals surface area contributed by atoms with Gasteiger partial charge in [0.05, 0.1) is 11.4 Å². The second-order valence-electron chi connectivity index (χ2n) is 6.36. The van der Waals surface area contributed by atoms with Crippen LogP contribution in [0.5, 0.6) is 0 Å². The second kappa shape index (κ2) is 7.04. The lowest BCUT2D eigenvalue weighted by molar-refractivity contribution is -0.137. The lowest BCUT2D eigenvalue weighted by atomic mass is 9.99. The summed E-state index contributed by atoms with van der Waals surface area (Å²) in [6.45, 7) is 2.13. The number of sulfonamides is 1. The zero-order valence-electron chi connectivity index (χ0n) is 14.2. The van der Waals surface area contributed by atoms with Crippen LogP contribution >= 0.6 is 0 Å². The standard InChI is InChI=1S/C16H19N3O6S/c1-11-3-2-4-13(5-11)26(23,24)17-6-14(20)18-7-12(8-18)9-19-15(21)10-25-16(19)22/h2-5,12,17H,6-10H2,1H3. The Labute approximate surface area is 150 Å². The van der Waals surface area contributed by atoms with Crippen LogP contribution in [0.25, 0.3) is 0 Å². The maximum absolute atomic E-state index is 12.2. The highest BCUT2D eigenvalue weighted by molar-refractivity contribution is 7.89. The Bertz CT molecular complexity index is 831. The minimum absolute atomic E-state index is 0.0260. The molecule has 0 aliphatic carbocycles. The Kier molecular flexibility index (Phi) is 4.97. The molecule has 0 saturated carbocycles. The van der Waals surface area contributed by atoms with Crippen molar-refractivity contribution < 1.29 is 27.5 Å². The van der Waals surface area contributed by atoms with Gasteiger partial charge < -0.3 is 9.64 Å². The van der Waals surface area contributed by atoms with Crippen molar-refractivity contribution in [3.05, 3.63) is 29.8 Å². The summed E-state index contributed by atoms with van der Waals surface area (Å²) in [7, 11) is -3.75. The molecule has 140 valence electrons. The summed E-state index contributed by atoms with van der Waals surface area (Å²) in [4.78, 5) is 37.6. The average molecular weight is 381 g/mol. The largest absolute Gasteiger partial charge is 0.439 e. The minimum atomic E-state index is -3.75. The second-order valence-corrected chi connectivity index (χ2v) is 8.13. The van der Waals surface area contributed by atoms with Crippen LogP contribution in [-0.2, 0) is 24.3 Å². The first-order valence-corrected chi connectivity index (χ1v) is 9.56. The molecule has 0 aromatic heterocycles. The molecule has 10 heteroatoms. The van der Waals surface area contributed by atoms with Crippen molar-refractivity contribution in [2.24, 2.45) is 5.92 Å². The number of imide groups is 1. The number of amides is 3. The van der Waals surface area contributed by atoms with E-state index in [1.165, 1.54) is 17.0 Å². The predicted octanol–water partition coefficient (Wildman–Crippen LogP) is -0.289. The smallest absolute Gasteiger partial charge is 0.417 e. The quantitative estimate of drug-likeness (QED) is 0.725. The van der Waals surface area contributed by atoms with Crippen LogP contribution < -0.4 is 4.72 Å². The molecule has 26 heavy (non-hydrogen) atoms. The van der Waals surface area contributed by atoms with Crippen LogP contribution in [-0.4, -0.2) is 68.9 Å². The van der Waals surface area contributed by atoms with Crippen molar-refractivity contribution in [2.45, 2.75) is 11.8 Å². The van der Waals surface area contributed by atoms with E-state index in [1.807, 2.05) is 0 Å². The van der Waals surface area contributed by atoms with E-state index in [0.717, 1.165) is 10.5 Å². The molecule has 2 saturated heterocycles. The maximum atomic E-state index is 12.2. The fourth-order valence-electron chi connectivity index (χ4n) is 2.84. The van der Waals surface area contributed by atoms with Crippen LogP contribution in [0.3, 0.4) is 0 Å². The molecule has 1 aromatic rings. The van der Waals surface area contributed by atoms with E-state index in [0.29, 0.717) is 13.1 Å². The highest BCUT2D eigenvalue weighted by atomic mass is 32.2. The first kappa shape index (κ1) is 18.3. The molecule has 3 amide bonds. The third-order valence-corrected chi connectivity index (χ3v) is 5.70. The predicted molar refractivity (Wildman–Crippen MR) is 89.5 cm³/mol. The van der Waals surface area contributed by atoms with Crippen molar-refractivity contribution in [3.63, 3.8) is 0 Å². The number of rotatable bonds is 6. The topological polar surface area (TPSA) is 113 Å². The van der Waals surface area contributed by atoms with Gasteiger partial charge >= 0.3 is 6.09 Å². The summed E-state index contributed by atoms with van der Waals surface area (Å²) < 4.78 is 31.3. The van der Waals surface area contributed by atoms with Gasteiger partial charge in [0.15, 0.2) is 6.61 Å². The number of likely N-dealkylation sites (tertiary alicyclic amines) is 1. The van der Waals surface area contributed by atoms with Crippen LogP contribution in [0.4, 0.5) is 4.79 Å². The third kappa shape index (κ3) is 3.86. The highest BCUT2D eigenvalue weighted by Gasteiger charge is 2.38. The molecule has 0 atom stereocenters. The van der Waals surface area contributed by atoms with Gasteiger partial charge in [0.25, 0.3) is 5.91 Å². The van der Waals surface area contributed by atoms with E-state index in [-0.39, 0.29) is 42.3 Å². The van der Waals surface area contributed by atoms with Crippen molar-refractivity contribution >= 4 is 27.9 Å². The van der Waals surface area contributed by atoms with E-state index < -0.39 is 16.1 Å². The Morgan fingerprint density at radius 3 is 2.65 bits per heavy atom. The zero-order chi connectivity index (χ0) is 18.9. The molecule has 0 unspecified atom stereocenters. The number of ether oxygens (including phenoxy) is 1. The number of carbonyl (C=O) groups is 3. The summed E-state index contributed by atoms with van der Waals surface area (Å²) >= 11 is 0. The summed E-state index contributed by atoms with van der Waals surface area (Å²) in [6.07, 6.45) is -0.661. The molecule has 3 rings (SSSR count). The molecule has 0 bridgehead atoms. The van der Waals surface area contributed by atoms with Gasteiger partial charge in [-0.1, -0.05) is 12.1 Å². The Morgan fingerprint density at radius 2 is 2.04 bits per heavy atom. The van der Waals surface area contributed by atoms with Crippen LogP contribution in [0, 0.1) is 12.8 Å². The number of benzene rings is 1. The van der Waals surface area contributed by atoms with Gasteiger partial charge in [-0.15, -0.1) is 0 Å². The van der Waals surface area contributed by atoms with Gasteiger partial charge in [-0.05, 0) is 24.6 Å². The number of hydrogen-bond donors (Lipinski definition) is 1. The Hall–Kier alpha value is -2.46. The lowest BCUT2D eigenvalue weighted by Crippen LogP contribution is -2.56. The first-order valence-electron chi connectivity index (χ1n) is 8.07. The van der Waals surface area contributed by atoms with Crippen LogP contribution in [0.1, 0.15) is 5.56 Å². The maximum Gasteiger partial charge on any atom is 0.417 e. The van der Waals surface area contributed by atoms with Gasteiger partial charge in [-0.3, -0.25) is 9.59 Å². The molecular formula is C16H19N3O6S. The Morgan fingerprint density at radius 1 is 1.31 bits per heavy atom. The summed E-state index contributed by atoms with van der Waals surface area (Å²) in [5.74, 6) is -0.763. The fourth-order valence-corrected chi connectivity index (χ4v) is 3.92. The van der Waals surface area contributed by atoms with Crippen LogP contribution in [0.15, 0.2) is 29.2 Å². The molecule has 1 aromatic carbocycles. The van der Waals surface area contributed by atoms with Crippen molar-refractivity contribution in [3.8, 4) is 0 Å². The van der Waals surface area contributed by atoms with Gasteiger partial charge in [0.2, 0.25) is 15.9 Å². The molecule has 0 spiro atoms. The van der Waals surface area contributed by atoms with Crippen LogP contribution in [0.2, 0.25) is 0 Å². The average Bonchev–Trinajstić information content (AvgIpc) is 2.87. The number of hydrogen-bond acceptors (Lipinski definition) is 6. The number of aryl methyl sites for hydroxylation is 1. The van der Waals surface area contributed by atoms with Gasteiger partial charge in [0, 0.05) is 25.6 Å². The molecule has 2 fully saturated rings. The molecule has 2 aliphatic rings. The van der Waals surface area contributed by atoms with Crippen molar-refractivity contribution in [1.29, 1.82) is 0 Å². The number of nitrogens with zero attached hydrogens (tertiary/aromatic N) is 2.